The second kappa shape index (κ2) is 5.51. The van der Waals surface area contributed by atoms with E-state index in [2.05, 4.69) is 4.74 Å². The number of para-hydroxylation sites is 1. The summed E-state index contributed by atoms with van der Waals surface area (Å²) in [4.78, 5) is 11.5. The van der Waals surface area contributed by atoms with Crippen molar-refractivity contribution in [2.45, 2.75) is 0 Å². The zero-order valence-electron chi connectivity index (χ0n) is 9.95. The lowest BCUT2D eigenvalue weighted by atomic mass is 10.2. The molecule has 0 aliphatic heterocycles. The molecule has 0 fully saturated rings. The third-order valence-electron chi connectivity index (χ3n) is 2.31. The molecule has 1 aromatic carbocycles. The Balaban J connectivity index is 3.27. The lowest BCUT2D eigenvalue weighted by Crippen LogP contribution is -2.30. The third-order valence-corrected chi connectivity index (χ3v) is 3.84. The molecule has 18 heavy (non-hydrogen) atoms. The van der Waals surface area contributed by atoms with Crippen LogP contribution >= 0.6 is 0 Å². The van der Waals surface area contributed by atoms with Crippen molar-refractivity contribution in [1.82, 2.24) is 0 Å². The Morgan fingerprint density at radius 3 is 2.61 bits per heavy atom. The highest BCUT2D eigenvalue weighted by Crippen LogP contribution is 2.22. The molecule has 0 radical (unpaired) electrons. The molecule has 0 aliphatic rings. The molecule has 0 heterocycles. The maximum absolute atomic E-state index is 11.7. The fourth-order valence-corrected chi connectivity index (χ4v) is 2.17. The Morgan fingerprint density at radius 1 is 1.44 bits per heavy atom. The predicted molar refractivity (Wildman–Crippen MR) is 65.6 cm³/mol. The van der Waals surface area contributed by atoms with Gasteiger partial charge in [-0.15, -0.1) is 0 Å². The quantitative estimate of drug-likeness (QED) is 0.752. The monoisotopic (exact) mass is 268 g/mol. The maximum atomic E-state index is 11.7. The SMILES string of the molecule is COC(=O)c1ccccc1N(C)S(=O)(=O)CC#N. The summed E-state index contributed by atoms with van der Waals surface area (Å²) < 4.78 is 29.0. The van der Waals surface area contributed by atoms with E-state index in [0.717, 1.165) is 4.31 Å². The van der Waals surface area contributed by atoms with E-state index in [9.17, 15) is 13.2 Å². The van der Waals surface area contributed by atoms with E-state index >= 15 is 0 Å². The summed E-state index contributed by atoms with van der Waals surface area (Å²) in [6.07, 6.45) is 0. The smallest absolute Gasteiger partial charge is 0.340 e. The summed E-state index contributed by atoms with van der Waals surface area (Å²) in [5.41, 5.74) is 0.309. The van der Waals surface area contributed by atoms with Crippen molar-refractivity contribution in [3.05, 3.63) is 29.8 Å². The molecule has 0 atom stereocenters. The summed E-state index contributed by atoms with van der Waals surface area (Å²) in [7, 11) is -1.27. The number of benzene rings is 1. The van der Waals surface area contributed by atoms with E-state index in [1.54, 1.807) is 18.2 Å². The van der Waals surface area contributed by atoms with Crippen LogP contribution in [-0.4, -0.2) is 34.3 Å². The van der Waals surface area contributed by atoms with Gasteiger partial charge < -0.3 is 4.74 Å². The van der Waals surface area contributed by atoms with Crippen LogP contribution in [0.25, 0.3) is 0 Å². The minimum absolute atomic E-state index is 0.129. The molecule has 0 unspecified atom stereocenters. The number of methoxy groups -OCH3 is 1. The molecule has 0 N–H and O–H groups in total. The largest absolute Gasteiger partial charge is 0.465 e. The van der Waals surface area contributed by atoms with Gasteiger partial charge in [-0.2, -0.15) is 5.26 Å². The highest BCUT2D eigenvalue weighted by atomic mass is 32.2. The van der Waals surface area contributed by atoms with E-state index in [1.165, 1.54) is 26.3 Å². The summed E-state index contributed by atoms with van der Waals surface area (Å²) in [6, 6.07) is 7.70. The molecule has 0 aromatic heterocycles. The van der Waals surface area contributed by atoms with Gasteiger partial charge in [-0.05, 0) is 12.1 Å². The van der Waals surface area contributed by atoms with Crippen LogP contribution in [0.4, 0.5) is 5.69 Å². The maximum Gasteiger partial charge on any atom is 0.340 e. The highest BCUT2D eigenvalue weighted by molar-refractivity contribution is 7.92. The van der Waals surface area contributed by atoms with Gasteiger partial charge in [-0.1, -0.05) is 12.1 Å². The fraction of sp³-hybridized carbons (Fsp3) is 0.273. The standard InChI is InChI=1S/C11H12N2O4S/c1-13(18(15,16)8-7-12)10-6-4-3-5-9(10)11(14)17-2/h3-6H,8H2,1-2H3. The van der Waals surface area contributed by atoms with Gasteiger partial charge in [0.15, 0.2) is 5.75 Å². The van der Waals surface area contributed by atoms with Gasteiger partial charge in [0.25, 0.3) is 0 Å². The van der Waals surface area contributed by atoms with Crippen LogP contribution in [0.15, 0.2) is 24.3 Å². The third kappa shape index (κ3) is 2.78. The van der Waals surface area contributed by atoms with Crippen molar-refractivity contribution in [1.29, 1.82) is 5.26 Å². The lowest BCUT2D eigenvalue weighted by molar-refractivity contribution is 0.0601. The molecule has 0 saturated carbocycles. The number of carbonyl (C=O) groups is 1. The van der Waals surface area contributed by atoms with E-state index in [1.807, 2.05) is 0 Å². The Hall–Kier alpha value is -2.07. The molecule has 1 rings (SSSR count). The first kappa shape index (κ1) is 14.0. The normalized spacial score (nSPS) is 10.5. The number of anilines is 1. The molecule has 96 valence electrons. The Kier molecular flexibility index (Phi) is 4.28. The Labute approximate surface area is 105 Å². The number of sulfonamides is 1. The molecule has 0 spiro atoms. The van der Waals surface area contributed by atoms with Crippen LogP contribution in [0, 0.1) is 11.3 Å². The van der Waals surface area contributed by atoms with E-state index < -0.39 is 21.7 Å². The second-order valence-corrected chi connectivity index (χ2v) is 5.39. The van der Waals surface area contributed by atoms with Crippen molar-refractivity contribution in [3.63, 3.8) is 0 Å². The van der Waals surface area contributed by atoms with Crippen molar-refractivity contribution >= 4 is 21.7 Å². The molecule has 6 nitrogen and oxygen atoms in total. The van der Waals surface area contributed by atoms with Crippen molar-refractivity contribution in [3.8, 4) is 6.07 Å². The first-order chi connectivity index (χ1) is 8.44. The lowest BCUT2D eigenvalue weighted by Gasteiger charge is -2.19. The van der Waals surface area contributed by atoms with Crippen molar-refractivity contribution < 1.29 is 17.9 Å². The average Bonchev–Trinajstić information content (AvgIpc) is 2.37. The Morgan fingerprint density at radius 2 is 2.06 bits per heavy atom. The minimum atomic E-state index is -3.76. The van der Waals surface area contributed by atoms with Gasteiger partial charge >= 0.3 is 5.97 Å². The van der Waals surface area contributed by atoms with Gasteiger partial charge in [0.2, 0.25) is 10.0 Å². The van der Waals surface area contributed by atoms with E-state index in [4.69, 9.17) is 5.26 Å². The molecular weight excluding hydrogens is 256 g/mol. The molecule has 0 amide bonds. The van der Waals surface area contributed by atoms with Crippen molar-refractivity contribution in [2.75, 3.05) is 24.2 Å². The molecule has 0 saturated heterocycles. The average molecular weight is 268 g/mol. The number of ether oxygens (including phenoxy) is 1. The molecular formula is C11H12N2O4S. The van der Waals surface area contributed by atoms with Crippen molar-refractivity contribution in [2.24, 2.45) is 0 Å². The van der Waals surface area contributed by atoms with Crippen LogP contribution in [-0.2, 0) is 14.8 Å². The number of nitrogens with zero attached hydrogens (tertiary/aromatic N) is 2. The number of hydrogen-bond acceptors (Lipinski definition) is 5. The van der Waals surface area contributed by atoms with Crippen LogP contribution in [0.2, 0.25) is 0 Å². The van der Waals surface area contributed by atoms with Gasteiger partial charge in [-0.25, -0.2) is 13.2 Å². The Bertz CT molecular complexity index is 589. The highest BCUT2D eigenvalue weighted by Gasteiger charge is 2.22. The minimum Gasteiger partial charge on any atom is -0.465 e. The zero-order valence-corrected chi connectivity index (χ0v) is 10.8. The second-order valence-electron chi connectivity index (χ2n) is 3.39. The molecule has 0 aliphatic carbocycles. The summed E-state index contributed by atoms with van der Waals surface area (Å²) in [6.45, 7) is 0. The van der Waals surface area contributed by atoms with Crippen LogP contribution < -0.4 is 4.31 Å². The van der Waals surface area contributed by atoms with Gasteiger partial charge in [0.1, 0.15) is 0 Å². The van der Waals surface area contributed by atoms with Crippen LogP contribution in [0.1, 0.15) is 10.4 Å². The summed E-state index contributed by atoms with van der Waals surface area (Å²) >= 11 is 0. The number of rotatable bonds is 4. The van der Waals surface area contributed by atoms with Gasteiger partial charge in [-0.3, -0.25) is 4.31 Å². The summed E-state index contributed by atoms with van der Waals surface area (Å²) in [5, 5.41) is 8.47. The van der Waals surface area contributed by atoms with Gasteiger partial charge in [0, 0.05) is 7.05 Å². The molecule has 7 heteroatoms. The van der Waals surface area contributed by atoms with E-state index in [0.29, 0.717) is 0 Å². The molecule has 1 aromatic rings. The number of carbonyl (C=O) groups excluding carboxylic acids is 1. The number of esters is 1. The number of hydrogen-bond donors (Lipinski definition) is 0. The first-order valence-electron chi connectivity index (χ1n) is 4.95. The fourth-order valence-electron chi connectivity index (χ4n) is 1.36. The first-order valence-corrected chi connectivity index (χ1v) is 6.56. The topological polar surface area (TPSA) is 87.5 Å². The molecule has 0 bridgehead atoms. The van der Waals surface area contributed by atoms with Crippen LogP contribution in [0.5, 0.6) is 0 Å². The summed E-state index contributed by atoms with van der Waals surface area (Å²) in [5.74, 6) is -1.29. The predicted octanol–water partition coefficient (Wildman–Crippen LogP) is 0.763. The van der Waals surface area contributed by atoms with Gasteiger partial charge in [0.05, 0.1) is 24.4 Å². The zero-order chi connectivity index (χ0) is 13.8. The van der Waals surface area contributed by atoms with E-state index in [-0.39, 0.29) is 11.3 Å². The van der Waals surface area contributed by atoms with Crippen LogP contribution in [0.3, 0.4) is 0 Å². The number of nitriles is 1.